The van der Waals surface area contributed by atoms with Gasteiger partial charge in [-0.15, -0.1) is 0 Å². The molecule has 0 aliphatic rings. The lowest BCUT2D eigenvalue weighted by Gasteiger charge is -2.22. The number of amides is 1. The van der Waals surface area contributed by atoms with Gasteiger partial charge in [-0.25, -0.2) is 4.39 Å². The van der Waals surface area contributed by atoms with Crippen molar-refractivity contribution in [2.75, 3.05) is 19.7 Å². The van der Waals surface area contributed by atoms with Crippen molar-refractivity contribution in [1.82, 2.24) is 4.90 Å². The van der Waals surface area contributed by atoms with E-state index >= 15 is 0 Å². The second kappa shape index (κ2) is 8.16. The van der Waals surface area contributed by atoms with E-state index in [1.807, 2.05) is 0 Å². The summed E-state index contributed by atoms with van der Waals surface area (Å²) in [4.78, 5) is 24.1. The Morgan fingerprint density at radius 1 is 1.33 bits per heavy atom. The van der Waals surface area contributed by atoms with Crippen LogP contribution in [0.25, 0.3) is 6.08 Å². The fourth-order valence-corrected chi connectivity index (χ4v) is 1.67. The average Bonchev–Trinajstić information content (AvgIpc) is 2.45. The number of rotatable bonds is 7. The molecule has 1 unspecified atom stereocenters. The Kier molecular flexibility index (Phi) is 6.55. The molecule has 0 heterocycles. The Balaban J connectivity index is 2.71. The predicted molar refractivity (Wildman–Crippen MR) is 75.9 cm³/mol. The molecule has 0 aliphatic carbocycles. The van der Waals surface area contributed by atoms with Crippen molar-refractivity contribution in [2.24, 2.45) is 5.92 Å². The van der Waals surface area contributed by atoms with E-state index in [1.165, 1.54) is 48.2 Å². The summed E-state index contributed by atoms with van der Waals surface area (Å²) in [6, 6.07) is 5.61. The highest BCUT2D eigenvalue weighted by atomic mass is 19.1. The van der Waals surface area contributed by atoms with Crippen LogP contribution in [0.1, 0.15) is 12.5 Å². The van der Waals surface area contributed by atoms with Gasteiger partial charge in [-0.3, -0.25) is 9.59 Å². The molecule has 6 heteroatoms. The summed E-state index contributed by atoms with van der Waals surface area (Å²) in [6.45, 7) is 1.32. The van der Waals surface area contributed by atoms with Gasteiger partial charge in [0, 0.05) is 19.2 Å². The summed E-state index contributed by atoms with van der Waals surface area (Å²) in [7, 11) is 0. The Hall–Kier alpha value is -2.21. The first-order valence-corrected chi connectivity index (χ1v) is 6.50. The van der Waals surface area contributed by atoms with Gasteiger partial charge in [-0.2, -0.15) is 0 Å². The largest absolute Gasteiger partial charge is 0.481 e. The maximum atomic E-state index is 12.8. The molecule has 5 nitrogen and oxygen atoms in total. The lowest BCUT2D eigenvalue weighted by Crippen LogP contribution is -2.37. The zero-order valence-electron chi connectivity index (χ0n) is 11.7. The van der Waals surface area contributed by atoms with Crippen molar-refractivity contribution in [3.05, 3.63) is 41.7 Å². The number of carbonyl (C=O) groups is 2. The zero-order chi connectivity index (χ0) is 15.8. The second-order valence-electron chi connectivity index (χ2n) is 4.63. The van der Waals surface area contributed by atoms with Gasteiger partial charge in [0.25, 0.3) is 0 Å². The molecule has 1 aromatic rings. The molecule has 1 amide bonds. The van der Waals surface area contributed by atoms with E-state index in [0.717, 1.165) is 0 Å². The molecule has 0 saturated carbocycles. The van der Waals surface area contributed by atoms with Gasteiger partial charge in [0.15, 0.2) is 0 Å². The molecule has 1 atom stereocenters. The van der Waals surface area contributed by atoms with Crippen molar-refractivity contribution >= 4 is 18.0 Å². The van der Waals surface area contributed by atoms with Gasteiger partial charge < -0.3 is 15.1 Å². The monoisotopic (exact) mass is 295 g/mol. The number of carboxylic acids is 1. The van der Waals surface area contributed by atoms with E-state index in [1.54, 1.807) is 0 Å². The highest BCUT2D eigenvalue weighted by molar-refractivity contribution is 5.92. The van der Waals surface area contributed by atoms with Crippen LogP contribution in [0, 0.1) is 11.7 Å². The summed E-state index contributed by atoms with van der Waals surface area (Å²) in [5, 5.41) is 17.8. The molecule has 0 fully saturated rings. The minimum atomic E-state index is -1.01. The Bertz CT molecular complexity index is 513. The maximum Gasteiger partial charge on any atom is 0.308 e. The molecule has 0 aliphatic heterocycles. The molecule has 0 spiro atoms. The summed E-state index contributed by atoms with van der Waals surface area (Å²) in [5.74, 6) is -2.50. The molecule has 114 valence electrons. The highest BCUT2D eigenvalue weighted by Crippen LogP contribution is 2.06. The van der Waals surface area contributed by atoms with Gasteiger partial charge in [-0.05, 0) is 23.8 Å². The van der Waals surface area contributed by atoms with Crippen LogP contribution < -0.4 is 0 Å². The lowest BCUT2D eigenvalue weighted by molar-refractivity contribution is -0.142. The molecule has 21 heavy (non-hydrogen) atoms. The first-order valence-electron chi connectivity index (χ1n) is 6.50. The van der Waals surface area contributed by atoms with Crippen LogP contribution in [0.5, 0.6) is 0 Å². The van der Waals surface area contributed by atoms with Crippen LogP contribution >= 0.6 is 0 Å². The fraction of sp³-hybridized carbons (Fsp3) is 0.333. The molecule has 1 rings (SSSR count). The number of hydrogen-bond acceptors (Lipinski definition) is 3. The van der Waals surface area contributed by atoms with Crippen molar-refractivity contribution < 1.29 is 24.2 Å². The van der Waals surface area contributed by atoms with Crippen LogP contribution in [0.4, 0.5) is 4.39 Å². The molecule has 0 bridgehead atoms. The molecular formula is C15H18FNO4. The maximum absolute atomic E-state index is 12.8. The van der Waals surface area contributed by atoms with Gasteiger partial charge in [-0.1, -0.05) is 19.1 Å². The van der Waals surface area contributed by atoms with Gasteiger partial charge in [0.2, 0.25) is 5.91 Å². The van der Waals surface area contributed by atoms with E-state index in [0.29, 0.717) is 5.56 Å². The minimum Gasteiger partial charge on any atom is -0.481 e. The molecular weight excluding hydrogens is 277 g/mol. The van der Waals surface area contributed by atoms with Crippen molar-refractivity contribution in [3.8, 4) is 0 Å². The first kappa shape index (κ1) is 16.8. The fourth-order valence-electron chi connectivity index (χ4n) is 1.67. The highest BCUT2D eigenvalue weighted by Gasteiger charge is 2.18. The third kappa shape index (κ3) is 5.74. The van der Waals surface area contributed by atoms with Gasteiger partial charge in [0.1, 0.15) is 5.82 Å². The average molecular weight is 295 g/mol. The van der Waals surface area contributed by atoms with E-state index in [4.69, 9.17) is 10.2 Å². The lowest BCUT2D eigenvalue weighted by atomic mass is 10.1. The van der Waals surface area contributed by atoms with E-state index in [-0.39, 0.29) is 25.5 Å². The number of benzene rings is 1. The predicted octanol–water partition coefficient (Wildman–Crippen LogP) is 1.38. The van der Waals surface area contributed by atoms with Crippen LogP contribution in [0.3, 0.4) is 0 Å². The Morgan fingerprint density at radius 3 is 2.48 bits per heavy atom. The normalized spacial score (nSPS) is 12.3. The summed E-state index contributed by atoms with van der Waals surface area (Å²) >= 11 is 0. The van der Waals surface area contributed by atoms with Crippen molar-refractivity contribution in [1.29, 1.82) is 0 Å². The Labute approximate surface area is 122 Å². The number of aliphatic hydroxyl groups is 1. The standard InChI is InChI=1S/C15H18FNO4/c1-11(15(20)21)10-17(8-9-18)14(19)7-4-12-2-5-13(16)6-3-12/h2-7,11,18H,8-10H2,1H3,(H,20,21)/b7-4+. The summed E-state index contributed by atoms with van der Waals surface area (Å²) in [5.41, 5.74) is 0.653. The number of halogens is 1. The first-order chi connectivity index (χ1) is 9.93. The van der Waals surface area contributed by atoms with Gasteiger partial charge >= 0.3 is 5.97 Å². The van der Waals surface area contributed by atoms with E-state index in [2.05, 4.69) is 0 Å². The number of aliphatic carboxylic acids is 1. The Morgan fingerprint density at radius 2 is 1.95 bits per heavy atom. The third-order valence-electron chi connectivity index (χ3n) is 2.89. The number of hydrogen-bond donors (Lipinski definition) is 2. The quantitative estimate of drug-likeness (QED) is 0.745. The molecule has 1 aromatic carbocycles. The van der Waals surface area contributed by atoms with Crippen LogP contribution in [0.2, 0.25) is 0 Å². The second-order valence-corrected chi connectivity index (χ2v) is 4.63. The number of aliphatic hydroxyl groups excluding tert-OH is 1. The molecule has 2 N–H and O–H groups in total. The summed E-state index contributed by atoms with van der Waals surface area (Å²) < 4.78 is 12.8. The SMILES string of the molecule is CC(CN(CCO)C(=O)/C=C/c1ccc(F)cc1)C(=O)O. The van der Waals surface area contributed by atoms with Crippen LogP contribution in [-0.2, 0) is 9.59 Å². The van der Waals surface area contributed by atoms with E-state index < -0.39 is 17.8 Å². The molecule has 0 aromatic heterocycles. The van der Waals surface area contributed by atoms with Crippen LogP contribution in [0.15, 0.2) is 30.3 Å². The topological polar surface area (TPSA) is 77.8 Å². The number of nitrogens with zero attached hydrogens (tertiary/aromatic N) is 1. The third-order valence-corrected chi connectivity index (χ3v) is 2.89. The molecule has 0 radical (unpaired) electrons. The number of carbonyl (C=O) groups excluding carboxylic acids is 1. The number of carboxylic acid groups (broad SMARTS) is 1. The van der Waals surface area contributed by atoms with Crippen molar-refractivity contribution in [3.63, 3.8) is 0 Å². The zero-order valence-corrected chi connectivity index (χ0v) is 11.7. The molecule has 0 saturated heterocycles. The smallest absolute Gasteiger partial charge is 0.308 e. The van der Waals surface area contributed by atoms with Gasteiger partial charge in [0.05, 0.1) is 12.5 Å². The van der Waals surface area contributed by atoms with E-state index in [9.17, 15) is 14.0 Å². The van der Waals surface area contributed by atoms with Crippen LogP contribution in [-0.4, -0.2) is 46.7 Å². The van der Waals surface area contributed by atoms with Crippen molar-refractivity contribution in [2.45, 2.75) is 6.92 Å². The minimum absolute atomic E-state index is 0.0164. The summed E-state index contributed by atoms with van der Waals surface area (Å²) in [6.07, 6.45) is 2.79.